The zero-order valence-corrected chi connectivity index (χ0v) is 11.5. The second-order valence-electron chi connectivity index (χ2n) is 4.47. The maximum Gasteiger partial charge on any atom is 0.325 e. The predicted octanol–water partition coefficient (Wildman–Crippen LogP) is 1.59. The molecule has 2 rings (SSSR count). The molecule has 106 valence electrons. The van der Waals surface area contributed by atoms with Crippen LogP contribution in [-0.2, 0) is 9.53 Å². The Morgan fingerprint density at radius 2 is 2.20 bits per heavy atom. The molecular formula is C14H17N3O3. The van der Waals surface area contributed by atoms with E-state index in [1.54, 1.807) is 24.4 Å². The van der Waals surface area contributed by atoms with Crippen molar-refractivity contribution in [3.05, 3.63) is 30.0 Å². The van der Waals surface area contributed by atoms with E-state index in [4.69, 9.17) is 0 Å². The summed E-state index contributed by atoms with van der Waals surface area (Å²) in [6, 6.07) is 5.29. The van der Waals surface area contributed by atoms with Crippen LogP contribution in [0.5, 0.6) is 0 Å². The summed E-state index contributed by atoms with van der Waals surface area (Å²) in [6.45, 7) is 2.43. The number of carbonyl (C=O) groups excluding carboxylic acids is 2. The van der Waals surface area contributed by atoms with Crippen LogP contribution in [0.4, 0.5) is 0 Å². The number of nitrogens with zero attached hydrogens (tertiary/aromatic N) is 2. The van der Waals surface area contributed by atoms with Crippen LogP contribution >= 0.6 is 0 Å². The lowest BCUT2D eigenvalue weighted by Crippen LogP contribution is -2.36. The molecule has 1 aromatic carbocycles. The standard InChI is InChI=1S/C14H17N3O3/c1-3-6-17(9-13(18)20-2)14(19)10-4-5-12-11(7-10)8-15-16-12/h4-5,7-8H,3,6,9H2,1-2H3,(H,15,16). The Kier molecular flexibility index (Phi) is 4.34. The van der Waals surface area contributed by atoms with Crippen LogP contribution in [0, 0.1) is 0 Å². The van der Waals surface area contributed by atoms with Crippen molar-refractivity contribution in [1.29, 1.82) is 0 Å². The number of amides is 1. The molecule has 0 saturated heterocycles. The third kappa shape index (κ3) is 2.96. The van der Waals surface area contributed by atoms with Crippen LogP contribution in [0.15, 0.2) is 24.4 Å². The SMILES string of the molecule is CCCN(CC(=O)OC)C(=O)c1ccc2[nH]ncc2c1. The average Bonchev–Trinajstić information content (AvgIpc) is 2.93. The summed E-state index contributed by atoms with van der Waals surface area (Å²) in [5, 5.41) is 7.62. The minimum absolute atomic E-state index is 0.0351. The Morgan fingerprint density at radius 1 is 1.40 bits per heavy atom. The Balaban J connectivity index is 2.23. The number of ether oxygens (including phenoxy) is 1. The van der Waals surface area contributed by atoms with Gasteiger partial charge in [-0.1, -0.05) is 6.92 Å². The van der Waals surface area contributed by atoms with Crippen molar-refractivity contribution in [2.45, 2.75) is 13.3 Å². The largest absolute Gasteiger partial charge is 0.468 e. The molecule has 0 saturated carbocycles. The molecule has 0 bridgehead atoms. The fourth-order valence-corrected chi connectivity index (χ4v) is 2.00. The molecule has 1 N–H and O–H groups in total. The molecule has 0 aliphatic carbocycles. The first-order chi connectivity index (χ1) is 9.65. The lowest BCUT2D eigenvalue weighted by atomic mass is 10.1. The van der Waals surface area contributed by atoms with E-state index in [-0.39, 0.29) is 12.5 Å². The maximum absolute atomic E-state index is 12.4. The minimum Gasteiger partial charge on any atom is -0.468 e. The molecule has 20 heavy (non-hydrogen) atoms. The van der Waals surface area contributed by atoms with Crippen molar-refractivity contribution in [1.82, 2.24) is 15.1 Å². The molecule has 0 radical (unpaired) electrons. The normalized spacial score (nSPS) is 10.5. The van der Waals surface area contributed by atoms with Gasteiger partial charge in [0, 0.05) is 17.5 Å². The summed E-state index contributed by atoms with van der Waals surface area (Å²) < 4.78 is 4.62. The fraction of sp³-hybridized carbons (Fsp3) is 0.357. The number of nitrogens with one attached hydrogen (secondary N) is 1. The van der Waals surface area contributed by atoms with Crippen LogP contribution in [0.3, 0.4) is 0 Å². The van der Waals surface area contributed by atoms with Gasteiger partial charge in [-0.25, -0.2) is 0 Å². The van der Waals surface area contributed by atoms with Crippen molar-refractivity contribution in [2.24, 2.45) is 0 Å². The number of hydrogen-bond donors (Lipinski definition) is 1. The Labute approximate surface area is 116 Å². The summed E-state index contributed by atoms with van der Waals surface area (Å²) in [5.41, 5.74) is 1.41. The molecule has 0 fully saturated rings. The van der Waals surface area contributed by atoms with Gasteiger partial charge in [0.15, 0.2) is 0 Å². The number of esters is 1. The van der Waals surface area contributed by atoms with E-state index in [1.807, 2.05) is 6.92 Å². The average molecular weight is 275 g/mol. The lowest BCUT2D eigenvalue weighted by molar-refractivity contribution is -0.141. The molecule has 6 heteroatoms. The summed E-state index contributed by atoms with van der Waals surface area (Å²) in [6.07, 6.45) is 2.44. The van der Waals surface area contributed by atoms with E-state index in [1.165, 1.54) is 12.0 Å². The fourth-order valence-electron chi connectivity index (χ4n) is 2.00. The zero-order chi connectivity index (χ0) is 14.5. The molecule has 6 nitrogen and oxygen atoms in total. The highest BCUT2D eigenvalue weighted by atomic mass is 16.5. The Hall–Kier alpha value is -2.37. The van der Waals surface area contributed by atoms with Gasteiger partial charge in [-0.05, 0) is 24.6 Å². The van der Waals surface area contributed by atoms with E-state index < -0.39 is 5.97 Å². The highest BCUT2D eigenvalue weighted by molar-refractivity contribution is 5.99. The molecule has 1 aromatic heterocycles. The molecule has 0 spiro atoms. The van der Waals surface area contributed by atoms with E-state index in [9.17, 15) is 9.59 Å². The number of H-pyrrole nitrogens is 1. The number of rotatable bonds is 5. The van der Waals surface area contributed by atoms with Crippen molar-refractivity contribution in [3.8, 4) is 0 Å². The van der Waals surface area contributed by atoms with E-state index >= 15 is 0 Å². The third-order valence-electron chi connectivity index (χ3n) is 3.02. The molecule has 2 aromatic rings. The molecule has 0 aliphatic rings. The van der Waals surface area contributed by atoms with Gasteiger partial charge in [0.25, 0.3) is 5.91 Å². The lowest BCUT2D eigenvalue weighted by Gasteiger charge is -2.20. The highest BCUT2D eigenvalue weighted by Crippen LogP contribution is 2.14. The summed E-state index contributed by atoms with van der Waals surface area (Å²) in [7, 11) is 1.31. The smallest absolute Gasteiger partial charge is 0.325 e. The molecule has 1 heterocycles. The van der Waals surface area contributed by atoms with Crippen molar-refractivity contribution >= 4 is 22.8 Å². The van der Waals surface area contributed by atoms with Gasteiger partial charge in [0.1, 0.15) is 6.54 Å². The zero-order valence-electron chi connectivity index (χ0n) is 11.5. The van der Waals surface area contributed by atoms with Crippen LogP contribution in [-0.4, -0.2) is 47.2 Å². The van der Waals surface area contributed by atoms with Gasteiger partial charge in [-0.2, -0.15) is 5.10 Å². The van der Waals surface area contributed by atoms with E-state index in [2.05, 4.69) is 14.9 Å². The topological polar surface area (TPSA) is 75.3 Å². The van der Waals surface area contributed by atoms with Gasteiger partial charge in [-0.15, -0.1) is 0 Å². The Morgan fingerprint density at radius 3 is 2.90 bits per heavy atom. The second-order valence-corrected chi connectivity index (χ2v) is 4.47. The van der Waals surface area contributed by atoms with Gasteiger partial charge >= 0.3 is 5.97 Å². The summed E-state index contributed by atoms with van der Waals surface area (Å²) >= 11 is 0. The highest BCUT2D eigenvalue weighted by Gasteiger charge is 2.18. The van der Waals surface area contributed by atoms with Crippen LogP contribution in [0.25, 0.3) is 10.9 Å². The van der Waals surface area contributed by atoms with Crippen LogP contribution in [0.1, 0.15) is 23.7 Å². The molecule has 1 amide bonds. The van der Waals surface area contributed by atoms with Gasteiger partial charge < -0.3 is 9.64 Å². The first kappa shape index (κ1) is 14.0. The first-order valence-electron chi connectivity index (χ1n) is 6.45. The quantitative estimate of drug-likeness (QED) is 0.841. The number of aromatic nitrogens is 2. The number of carbonyl (C=O) groups is 2. The number of benzene rings is 1. The number of methoxy groups -OCH3 is 1. The Bertz CT molecular complexity index is 621. The molecule has 0 aliphatic heterocycles. The number of hydrogen-bond acceptors (Lipinski definition) is 4. The number of fused-ring (bicyclic) bond motifs is 1. The van der Waals surface area contributed by atoms with E-state index in [0.29, 0.717) is 12.1 Å². The molecule has 0 unspecified atom stereocenters. The maximum atomic E-state index is 12.4. The second kappa shape index (κ2) is 6.18. The van der Waals surface area contributed by atoms with Gasteiger partial charge in [0.2, 0.25) is 0 Å². The number of aromatic amines is 1. The molecular weight excluding hydrogens is 258 g/mol. The minimum atomic E-state index is -0.420. The first-order valence-corrected chi connectivity index (χ1v) is 6.45. The van der Waals surface area contributed by atoms with Crippen molar-refractivity contribution < 1.29 is 14.3 Å². The summed E-state index contributed by atoms with van der Waals surface area (Å²) in [4.78, 5) is 25.3. The van der Waals surface area contributed by atoms with Crippen molar-refractivity contribution in [3.63, 3.8) is 0 Å². The van der Waals surface area contributed by atoms with Crippen LogP contribution < -0.4 is 0 Å². The van der Waals surface area contributed by atoms with Gasteiger partial charge in [0.05, 0.1) is 18.8 Å². The third-order valence-corrected chi connectivity index (χ3v) is 3.02. The summed E-state index contributed by atoms with van der Waals surface area (Å²) in [5.74, 6) is -0.600. The van der Waals surface area contributed by atoms with Crippen molar-refractivity contribution in [2.75, 3.05) is 20.2 Å². The predicted molar refractivity (Wildman–Crippen MR) is 74.3 cm³/mol. The monoisotopic (exact) mass is 275 g/mol. The van der Waals surface area contributed by atoms with Crippen LogP contribution in [0.2, 0.25) is 0 Å². The van der Waals surface area contributed by atoms with Gasteiger partial charge in [-0.3, -0.25) is 14.7 Å². The van der Waals surface area contributed by atoms with E-state index in [0.717, 1.165) is 17.3 Å². The molecule has 0 atom stereocenters.